The second-order valence-electron chi connectivity index (χ2n) is 8.46. The smallest absolute Gasteiger partial charge is 0.325 e. The van der Waals surface area contributed by atoms with Gasteiger partial charge in [-0.3, -0.25) is 14.5 Å². The van der Waals surface area contributed by atoms with Crippen LogP contribution in [0.15, 0.2) is 42.5 Å². The van der Waals surface area contributed by atoms with Gasteiger partial charge in [-0.25, -0.2) is 4.79 Å². The van der Waals surface area contributed by atoms with Crippen molar-refractivity contribution >= 4 is 23.5 Å². The quantitative estimate of drug-likeness (QED) is 0.765. The standard InChI is InChI=1S/C23H23N3O5/c1-14-9-16-5-3-4-6-17(16)26(14)20(27)12-25-21(28)23(2,24-22(25)29)11-15-7-8-18-19(10-15)31-13-30-18/h3-8,10,14H,9,11-13H2,1-2H3,(H,24,29)/t14-,23-/m1/s1. The van der Waals surface area contributed by atoms with Crippen LogP contribution in [0.1, 0.15) is 25.0 Å². The molecule has 0 radical (unpaired) electrons. The number of carbonyl (C=O) groups is 3. The third kappa shape index (κ3) is 3.19. The lowest BCUT2D eigenvalue weighted by Crippen LogP contribution is -2.48. The molecular weight excluding hydrogens is 398 g/mol. The van der Waals surface area contributed by atoms with E-state index < -0.39 is 17.5 Å². The van der Waals surface area contributed by atoms with Gasteiger partial charge in [-0.05, 0) is 49.6 Å². The van der Waals surface area contributed by atoms with Crippen LogP contribution in [0.3, 0.4) is 0 Å². The first kappa shape index (κ1) is 19.4. The predicted molar refractivity (Wildman–Crippen MR) is 112 cm³/mol. The molecule has 0 spiro atoms. The van der Waals surface area contributed by atoms with E-state index >= 15 is 0 Å². The van der Waals surface area contributed by atoms with Crippen molar-refractivity contribution in [3.8, 4) is 11.5 Å². The third-order valence-corrected chi connectivity index (χ3v) is 6.11. The number of hydrogen-bond acceptors (Lipinski definition) is 5. The van der Waals surface area contributed by atoms with E-state index in [2.05, 4.69) is 5.32 Å². The Bertz CT molecular complexity index is 1100. The molecule has 0 unspecified atom stereocenters. The summed E-state index contributed by atoms with van der Waals surface area (Å²) in [7, 11) is 0. The van der Waals surface area contributed by atoms with E-state index in [1.54, 1.807) is 17.9 Å². The van der Waals surface area contributed by atoms with Gasteiger partial charge in [0.05, 0.1) is 0 Å². The Kier molecular flexibility index (Phi) is 4.39. The minimum Gasteiger partial charge on any atom is -0.454 e. The first-order valence-corrected chi connectivity index (χ1v) is 10.3. The van der Waals surface area contributed by atoms with E-state index in [4.69, 9.17) is 9.47 Å². The molecule has 160 valence electrons. The maximum Gasteiger partial charge on any atom is 0.325 e. The summed E-state index contributed by atoms with van der Waals surface area (Å²) in [5.41, 5.74) is 1.62. The van der Waals surface area contributed by atoms with Crippen LogP contribution in [-0.4, -0.2) is 47.7 Å². The number of ether oxygens (including phenoxy) is 2. The number of amides is 4. The summed E-state index contributed by atoms with van der Waals surface area (Å²) in [5.74, 6) is 0.589. The molecule has 4 amide bonds. The van der Waals surface area contributed by atoms with Crippen molar-refractivity contribution in [3.05, 3.63) is 53.6 Å². The average molecular weight is 421 g/mol. The van der Waals surface area contributed by atoms with E-state index in [-0.39, 0.29) is 31.7 Å². The number of para-hydroxylation sites is 1. The van der Waals surface area contributed by atoms with Crippen LogP contribution in [0, 0.1) is 0 Å². The zero-order valence-electron chi connectivity index (χ0n) is 17.4. The summed E-state index contributed by atoms with van der Waals surface area (Å²) in [6, 6.07) is 12.6. The van der Waals surface area contributed by atoms with E-state index in [9.17, 15) is 14.4 Å². The molecule has 3 aliphatic heterocycles. The molecule has 3 heterocycles. The molecule has 8 nitrogen and oxygen atoms in total. The van der Waals surface area contributed by atoms with Crippen LogP contribution in [0.5, 0.6) is 11.5 Å². The highest BCUT2D eigenvalue weighted by Gasteiger charge is 2.49. The zero-order chi connectivity index (χ0) is 21.8. The monoisotopic (exact) mass is 421 g/mol. The maximum absolute atomic E-state index is 13.2. The molecule has 2 aromatic carbocycles. The molecule has 0 saturated carbocycles. The van der Waals surface area contributed by atoms with Gasteiger partial charge in [0.25, 0.3) is 5.91 Å². The summed E-state index contributed by atoms with van der Waals surface area (Å²) in [6.07, 6.45) is 1.03. The number of fused-ring (bicyclic) bond motifs is 2. The molecule has 0 aromatic heterocycles. The average Bonchev–Trinajstić information content (AvgIpc) is 3.38. The number of anilines is 1. The summed E-state index contributed by atoms with van der Waals surface area (Å²) in [5, 5.41) is 2.77. The normalized spacial score (nSPS) is 23.9. The number of rotatable bonds is 4. The largest absolute Gasteiger partial charge is 0.454 e. The lowest BCUT2D eigenvalue weighted by molar-refractivity contribution is -0.134. The number of carbonyl (C=O) groups excluding carboxylic acids is 3. The van der Waals surface area contributed by atoms with E-state index in [1.165, 1.54) is 0 Å². The lowest BCUT2D eigenvalue weighted by atomic mass is 9.92. The Balaban J connectivity index is 1.33. The third-order valence-electron chi connectivity index (χ3n) is 6.11. The highest BCUT2D eigenvalue weighted by molar-refractivity contribution is 6.10. The summed E-state index contributed by atoms with van der Waals surface area (Å²) in [4.78, 5) is 41.6. The molecule has 5 rings (SSSR count). The number of imide groups is 1. The van der Waals surface area contributed by atoms with Crippen molar-refractivity contribution < 1.29 is 23.9 Å². The van der Waals surface area contributed by atoms with Crippen LogP contribution in [-0.2, 0) is 22.4 Å². The molecule has 8 heteroatoms. The number of benzene rings is 2. The van der Waals surface area contributed by atoms with Crippen LogP contribution < -0.4 is 19.7 Å². The van der Waals surface area contributed by atoms with Crippen molar-refractivity contribution in [2.75, 3.05) is 18.2 Å². The molecule has 1 fully saturated rings. The molecule has 0 aliphatic carbocycles. The molecule has 2 aromatic rings. The molecule has 0 bridgehead atoms. The minimum absolute atomic E-state index is 0.0225. The van der Waals surface area contributed by atoms with Crippen molar-refractivity contribution in [2.45, 2.75) is 38.3 Å². The Hall–Kier alpha value is -3.55. The van der Waals surface area contributed by atoms with Gasteiger partial charge in [-0.2, -0.15) is 0 Å². The Labute approximate surface area is 179 Å². The first-order chi connectivity index (χ1) is 14.9. The highest BCUT2D eigenvalue weighted by atomic mass is 16.7. The summed E-state index contributed by atoms with van der Waals surface area (Å²) >= 11 is 0. The number of urea groups is 1. The first-order valence-electron chi connectivity index (χ1n) is 10.3. The van der Waals surface area contributed by atoms with Gasteiger partial charge in [0.1, 0.15) is 12.1 Å². The zero-order valence-corrected chi connectivity index (χ0v) is 17.4. The van der Waals surface area contributed by atoms with E-state index in [1.807, 2.05) is 43.3 Å². The molecular formula is C23H23N3O5. The fourth-order valence-corrected chi connectivity index (χ4v) is 4.63. The maximum atomic E-state index is 13.2. The Morgan fingerprint density at radius 2 is 1.94 bits per heavy atom. The number of hydrogen-bond donors (Lipinski definition) is 1. The van der Waals surface area contributed by atoms with Gasteiger partial charge >= 0.3 is 6.03 Å². The molecule has 1 saturated heterocycles. The second kappa shape index (κ2) is 7.01. The lowest BCUT2D eigenvalue weighted by Gasteiger charge is -2.25. The highest BCUT2D eigenvalue weighted by Crippen LogP contribution is 2.35. The second-order valence-corrected chi connectivity index (χ2v) is 8.46. The van der Waals surface area contributed by atoms with Crippen LogP contribution >= 0.6 is 0 Å². The van der Waals surface area contributed by atoms with Crippen LogP contribution in [0.4, 0.5) is 10.5 Å². The van der Waals surface area contributed by atoms with Gasteiger partial charge in [0.15, 0.2) is 11.5 Å². The van der Waals surface area contributed by atoms with Gasteiger partial charge in [0, 0.05) is 18.2 Å². The SMILES string of the molecule is C[C@@H]1Cc2ccccc2N1C(=O)CN1C(=O)N[C@](C)(Cc2ccc3c(c2)OCO3)C1=O. The Morgan fingerprint density at radius 3 is 2.77 bits per heavy atom. The van der Waals surface area contributed by atoms with Gasteiger partial charge in [-0.1, -0.05) is 24.3 Å². The van der Waals surface area contributed by atoms with Gasteiger partial charge in [-0.15, -0.1) is 0 Å². The molecule has 2 atom stereocenters. The minimum atomic E-state index is -1.14. The van der Waals surface area contributed by atoms with Crippen molar-refractivity contribution in [3.63, 3.8) is 0 Å². The molecule has 1 N–H and O–H groups in total. The number of nitrogens with one attached hydrogen (secondary N) is 1. The van der Waals surface area contributed by atoms with E-state index in [0.29, 0.717) is 11.5 Å². The predicted octanol–water partition coefficient (Wildman–Crippen LogP) is 2.25. The van der Waals surface area contributed by atoms with Gasteiger partial charge in [0.2, 0.25) is 12.7 Å². The summed E-state index contributed by atoms with van der Waals surface area (Å²) in [6.45, 7) is 3.52. The number of nitrogens with zero attached hydrogens (tertiary/aromatic N) is 2. The fourth-order valence-electron chi connectivity index (χ4n) is 4.63. The topological polar surface area (TPSA) is 88.2 Å². The molecule has 31 heavy (non-hydrogen) atoms. The summed E-state index contributed by atoms with van der Waals surface area (Å²) < 4.78 is 10.7. The van der Waals surface area contributed by atoms with Gasteiger partial charge < -0.3 is 19.7 Å². The van der Waals surface area contributed by atoms with Crippen molar-refractivity contribution in [2.24, 2.45) is 0 Å². The van der Waals surface area contributed by atoms with E-state index in [0.717, 1.165) is 28.1 Å². The molecule has 3 aliphatic rings. The Morgan fingerprint density at radius 1 is 1.16 bits per heavy atom. The van der Waals surface area contributed by atoms with Crippen molar-refractivity contribution in [1.82, 2.24) is 10.2 Å². The van der Waals surface area contributed by atoms with Crippen molar-refractivity contribution in [1.29, 1.82) is 0 Å². The van der Waals surface area contributed by atoms with Crippen LogP contribution in [0.2, 0.25) is 0 Å². The fraction of sp³-hybridized carbons (Fsp3) is 0.348. The van der Waals surface area contributed by atoms with Crippen LogP contribution in [0.25, 0.3) is 0 Å².